The van der Waals surface area contributed by atoms with Crippen molar-refractivity contribution in [1.29, 1.82) is 0 Å². The van der Waals surface area contributed by atoms with Gasteiger partial charge in [0.05, 0.1) is 5.75 Å². The lowest BCUT2D eigenvalue weighted by atomic mass is 9.89. The summed E-state index contributed by atoms with van der Waals surface area (Å²) < 4.78 is 0. The van der Waals surface area contributed by atoms with E-state index in [2.05, 4.69) is 13.0 Å². The van der Waals surface area contributed by atoms with E-state index in [0.717, 1.165) is 53.1 Å². The summed E-state index contributed by atoms with van der Waals surface area (Å²) in [5, 5.41) is 2.19. The Hall–Kier alpha value is -1.92. The summed E-state index contributed by atoms with van der Waals surface area (Å²) in [6.07, 6.45) is 4.41. The van der Waals surface area contributed by atoms with Crippen molar-refractivity contribution >= 4 is 44.9 Å². The fourth-order valence-electron chi connectivity index (χ4n) is 4.32. The Morgan fingerprint density at radius 3 is 3.04 bits per heavy atom. The molecule has 2 aliphatic rings. The van der Waals surface area contributed by atoms with Gasteiger partial charge in [-0.1, -0.05) is 36.9 Å². The maximum absolute atomic E-state index is 12.9. The minimum atomic E-state index is 0.164. The van der Waals surface area contributed by atoms with E-state index in [1.165, 1.54) is 27.8 Å². The second kappa shape index (κ2) is 7.16. The predicted molar refractivity (Wildman–Crippen MR) is 117 cm³/mol. The largest absolute Gasteiger partial charge is 0.311 e. The van der Waals surface area contributed by atoms with Crippen LogP contribution in [0.5, 0.6) is 0 Å². The smallest absolute Gasteiger partial charge is 0.237 e. The van der Waals surface area contributed by atoms with E-state index in [1.54, 1.807) is 11.8 Å². The van der Waals surface area contributed by atoms with Gasteiger partial charge in [0.15, 0.2) is 0 Å². The highest BCUT2D eigenvalue weighted by atomic mass is 32.2. The summed E-state index contributed by atoms with van der Waals surface area (Å²) in [4.78, 5) is 26.9. The molecule has 0 radical (unpaired) electrons. The van der Waals surface area contributed by atoms with Gasteiger partial charge in [-0.15, -0.1) is 11.3 Å². The van der Waals surface area contributed by atoms with Crippen LogP contribution in [0.1, 0.15) is 35.2 Å². The number of aromatic nitrogens is 2. The van der Waals surface area contributed by atoms with Gasteiger partial charge < -0.3 is 4.90 Å². The van der Waals surface area contributed by atoms with E-state index in [1.807, 2.05) is 41.4 Å². The zero-order valence-corrected chi connectivity index (χ0v) is 17.8. The van der Waals surface area contributed by atoms with Gasteiger partial charge in [-0.25, -0.2) is 9.97 Å². The highest BCUT2D eigenvalue weighted by molar-refractivity contribution is 8.00. The molecule has 1 amide bonds. The van der Waals surface area contributed by atoms with Crippen molar-refractivity contribution in [2.24, 2.45) is 5.92 Å². The number of anilines is 1. The first-order valence-corrected chi connectivity index (χ1v) is 11.7. The van der Waals surface area contributed by atoms with Crippen LogP contribution in [0, 0.1) is 12.8 Å². The molecule has 0 fully saturated rings. The lowest BCUT2D eigenvalue weighted by Gasteiger charge is -2.19. The van der Waals surface area contributed by atoms with Gasteiger partial charge in [0.2, 0.25) is 5.91 Å². The predicted octanol–water partition coefficient (Wildman–Crippen LogP) is 4.81. The van der Waals surface area contributed by atoms with Crippen molar-refractivity contribution in [2.75, 3.05) is 17.2 Å². The highest BCUT2D eigenvalue weighted by Gasteiger charge is 2.26. The molecule has 0 saturated heterocycles. The maximum atomic E-state index is 12.9. The van der Waals surface area contributed by atoms with Gasteiger partial charge in [-0.2, -0.15) is 0 Å². The molecule has 1 atom stereocenters. The molecular formula is C22H23N3OS2. The Morgan fingerprint density at radius 1 is 1.29 bits per heavy atom. The zero-order chi connectivity index (χ0) is 19.3. The highest BCUT2D eigenvalue weighted by Crippen LogP contribution is 2.41. The Kier molecular flexibility index (Phi) is 4.63. The molecule has 0 saturated carbocycles. The molecule has 3 aromatic rings. The van der Waals surface area contributed by atoms with E-state index >= 15 is 0 Å². The van der Waals surface area contributed by atoms with Gasteiger partial charge in [0, 0.05) is 22.5 Å². The first-order valence-electron chi connectivity index (χ1n) is 9.90. The SMILES string of the molecule is Cc1nc(SCC(=O)N2CCc3ccccc32)c2c3c(sc2n1)CC(C)CC3. The summed E-state index contributed by atoms with van der Waals surface area (Å²) in [5.41, 5.74) is 3.76. The molecule has 0 spiro atoms. The van der Waals surface area contributed by atoms with Crippen LogP contribution in [0.25, 0.3) is 10.2 Å². The number of thiophene rings is 1. The molecule has 4 nitrogen and oxygen atoms in total. The number of fused-ring (bicyclic) bond motifs is 4. The number of benzene rings is 1. The summed E-state index contributed by atoms with van der Waals surface area (Å²) in [5.74, 6) is 2.11. The lowest BCUT2D eigenvalue weighted by Crippen LogP contribution is -2.30. The number of hydrogen-bond donors (Lipinski definition) is 0. The average Bonchev–Trinajstić information content (AvgIpc) is 3.26. The average molecular weight is 410 g/mol. The summed E-state index contributed by atoms with van der Waals surface area (Å²) in [6, 6.07) is 8.22. The minimum absolute atomic E-state index is 0.164. The summed E-state index contributed by atoms with van der Waals surface area (Å²) >= 11 is 3.40. The normalized spacial score (nSPS) is 18.4. The first-order chi connectivity index (χ1) is 13.6. The van der Waals surface area contributed by atoms with E-state index in [4.69, 9.17) is 9.97 Å². The topological polar surface area (TPSA) is 46.1 Å². The van der Waals surface area contributed by atoms with Crippen LogP contribution in [-0.2, 0) is 24.1 Å². The second-order valence-electron chi connectivity index (χ2n) is 7.82. The van der Waals surface area contributed by atoms with Crippen molar-refractivity contribution < 1.29 is 4.79 Å². The van der Waals surface area contributed by atoms with E-state index in [9.17, 15) is 4.79 Å². The van der Waals surface area contributed by atoms with Gasteiger partial charge >= 0.3 is 0 Å². The molecule has 0 bridgehead atoms. The van der Waals surface area contributed by atoms with Crippen molar-refractivity contribution in [1.82, 2.24) is 9.97 Å². The van der Waals surface area contributed by atoms with Crippen LogP contribution in [0.2, 0.25) is 0 Å². The second-order valence-corrected chi connectivity index (χ2v) is 9.87. The lowest BCUT2D eigenvalue weighted by molar-refractivity contribution is -0.116. The Balaban J connectivity index is 1.42. The summed E-state index contributed by atoms with van der Waals surface area (Å²) in [6.45, 7) is 5.05. The molecular weight excluding hydrogens is 386 g/mol. The molecule has 1 aliphatic carbocycles. The van der Waals surface area contributed by atoms with E-state index < -0.39 is 0 Å². The zero-order valence-electron chi connectivity index (χ0n) is 16.2. The van der Waals surface area contributed by atoms with E-state index in [0.29, 0.717) is 5.75 Å². The number of aryl methyl sites for hydroxylation is 2. The molecule has 6 heteroatoms. The fourth-order valence-corrected chi connectivity index (χ4v) is 6.79. The van der Waals surface area contributed by atoms with Crippen LogP contribution >= 0.6 is 23.1 Å². The van der Waals surface area contributed by atoms with Crippen LogP contribution < -0.4 is 4.90 Å². The number of carbonyl (C=O) groups excluding carboxylic acids is 1. The number of amides is 1. The number of rotatable bonds is 3. The molecule has 2 aromatic heterocycles. The van der Waals surface area contributed by atoms with Crippen LogP contribution in [0.15, 0.2) is 29.3 Å². The van der Waals surface area contributed by atoms with Crippen molar-refractivity contribution in [3.63, 3.8) is 0 Å². The monoisotopic (exact) mass is 409 g/mol. The van der Waals surface area contributed by atoms with Crippen molar-refractivity contribution in [3.05, 3.63) is 46.1 Å². The third-order valence-corrected chi connectivity index (χ3v) is 7.86. The third kappa shape index (κ3) is 3.12. The number of para-hydroxylation sites is 1. The minimum Gasteiger partial charge on any atom is -0.311 e. The van der Waals surface area contributed by atoms with Gasteiger partial charge in [-0.05, 0) is 55.7 Å². The molecule has 28 heavy (non-hydrogen) atoms. The number of nitrogens with zero attached hydrogens (tertiary/aromatic N) is 3. The van der Waals surface area contributed by atoms with Crippen molar-refractivity contribution in [2.45, 2.75) is 44.6 Å². The molecule has 0 N–H and O–H groups in total. The standard InChI is InChI=1S/C22H23N3OS2/c1-13-7-8-16-18(11-13)28-22-20(16)21(23-14(2)24-22)27-12-19(26)25-10-9-15-5-3-4-6-17(15)25/h3-6,13H,7-12H2,1-2H3. The van der Waals surface area contributed by atoms with Crippen LogP contribution in [0.4, 0.5) is 5.69 Å². The number of thioether (sulfide) groups is 1. The molecule has 1 unspecified atom stereocenters. The molecule has 5 rings (SSSR count). The molecule has 1 aromatic carbocycles. The number of hydrogen-bond acceptors (Lipinski definition) is 5. The first kappa shape index (κ1) is 18.1. The maximum Gasteiger partial charge on any atom is 0.237 e. The van der Waals surface area contributed by atoms with Crippen molar-refractivity contribution in [3.8, 4) is 0 Å². The Morgan fingerprint density at radius 2 is 2.14 bits per heavy atom. The van der Waals surface area contributed by atoms with Crippen LogP contribution in [0.3, 0.4) is 0 Å². The Bertz CT molecular complexity index is 1080. The molecule has 144 valence electrons. The number of carbonyl (C=O) groups is 1. The van der Waals surface area contributed by atoms with Gasteiger partial charge in [0.25, 0.3) is 0 Å². The van der Waals surface area contributed by atoms with E-state index in [-0.39, 0.29) is 5.91 Å². The molecule has 1 aliphatic heterocycles. The van der Waals surface area contributed by atoms with Gasteiger partial charge in [0.1, 0.15) is 15.7 Å². The fraction of sp³-hybridized carbons (Fsp3) is 0.409. The molecule has 3 heterocycles. The van der Waals surface area contributed by atoms with Gasteiger partial charge in [-0.3, -0.25) is 4.79 Å². The summed E-state index contributed by atoms with van der Waals surface area (Å²) in [7, 11) is 0. The third-order valence-electron chi connectivity index (χ3n) is 5.75. The van der Waals surface area contributed by atoms with Crippen LogP contribution in [-0.4, -0.2) is 28.2 Å². The Labute approximate surface area is 173 Å². The quantitative estimate of drug-likeness (QED) is 0.460.